The van der Waals surface area contributed by atoms with Crippen LogP contribution in [0.25, 0.3) is 0 Å². The average molecular weight is 405 g/mol. The summed E-state index contributed by atoms with van der Waals surface area (Å²) in [6.45, 7) is 4.37. The highest BCUT2D eigenvalue weighted by atomic mass is 79.9. The summed E-state index contributed by atoms with van der Waals surface area (Å²) in [5.41, 5.74) is 4.14. The number of pyridine rings is 1. The third kappa shape index (κ3) is 5.85. The first-order valence-corrected chi connectivity index (χ1v) is 9.30. The molecule has 0 aliphatic carbocycles. The SMILES string of the molecule is COc1c(C)cnc(CNC(=O)CCCCc2ccc(Br)cc2)c1C. The van der Waals surface area contributed by atoms with Gasteiger partial charge in [0.15, 0.2) is 0 Å². The molecule has 0 saturated heterocycles. The van der Waals surface area contributed by atoms with Gasteiger partial charge in [0.25, 0.3) is 0 Å². The van der Waals surface area contributed by atoms with Crippen molar-refractivity contribution < 1.29 is 9.53 Å². The van der Waals surface area contributed by atoms with Crippen molar-refractivity contribution in [2.45, 2.75) is 46.1 Å². The molecule has 0 aliphatic heterocycles. The lowest BCUT2D eigenvalue weighted by Gasteiger charge is -2.12. The van der Waals surface area contributed by atoms with Crippen LogP contribution in [0.1, 0.15) is 41.6 Å². The fourth-order valence-corrected chi connectivity index (χ4v) is 3.05. The van der Waals surface area contributed by atoms with E-state index in [2.05, 4.69) is 38.4 Å². The zero-order valence-corrected chi connectivity index (χ0v) is 16.6. The number of halogens is 1. The number of amides is 1. The van der Waals surface area contributed by atoms with Gasteiger partial charge in [0.2, 0.25) is 5.91 Å². The molecule has 4 nitrogen and oxygen atoms in total. The van der Waals surface area contributed by atoms with Gasteiger partial charge in [0.1, 0.15) is 5.75 Å². The second kappa shape index (κ2) is 9.56. The van der Waals surface area contributed by atoms with E-state index in [0.29, 0.717) is 13.0 Å². The zero-order valence-electron chi connectivity index (χ0n) is 15.1. The first-order chi connectivity index (χ1) is 12.0. The fraction of sp³-hybridized carbons (Fsp3) is 0.400. The van der Waals surface area contributed by atoms with Crippen LogP contribution < -0.4 is 10.1 Å². The summed E-state index contributed by atoms with van der Waals surface area (Å²) in [4.78, 5) is 16.4. The molecule has 1 heterocycles. The van der Waals surface area contributed by atoms with Crippen LogP contribution in [-0.2, 0) is 17.8 Å². The highest BCUT2D eigenvalue weighted by molar-refractivity contribution is 9.10. The number of ether oxygens (including phenoxy) is 1. The molecule has 2 rings (SSSR count). The van der Waals surface area contributed by atoms with Crippen LogP contribution in [0.3, 0.4) is 0 Å². The van der Waals surface area contributed by atoms with Crippen LogP contribution >= 0.6 is 15.9 Å². The molecule has 0 fully saturated rings. The van der Waals surface area contributed by atoms with Crippen molar-refractivity contribution in [3.63, 3.8) is 0 Å². The van der Waals surface area contributed by atoms with Gasteiger partial charge < -0.3 is 10.1 Å². The van der Waals surface area contributed by atoms with Crippen LogP contribution in [0, 0.1) is 13.8 Å². The first-order valence-electron chi connectivity index (χ1n) is 8.51. The lowest BCUT2D eigenvalue weighted by atomic mass is 10.1. The molecule has 1 N–H and O–H groups in total. The summed E-state index contributed by atoms with van der Waals surface area (Å²) in [7, 11) is 1.66. The monoisotopic (exact) mass is 404 g/mol. The van der Waals surface area contributed by atoms with Crippen molar-refractivity contribution in [1.29, 1.82) is 0 Å². The molecule has 0 bridgehead atoms. The van der Waals surface area contributed by atoms with Crippen molar-refractivity contribution in [2.75, 3.05) is 7.11 Å². The third-order valence-corrected chi connectivity index (χ3v) is 4.76. The number of aromatic nitrogens is 1. The molecule has 0 unspecified atom stereocenters. The molecule has 1 amide bonds. The smallest absolute Gasteiger partial charge is 0.220 e. The summed E-state index contributed by atoms with van der Waals surface area (Å²) in [5, 5.41) is 2.95. The molecule has 0 atom stereocenters. The van der Waals surface area contributed by atoms with Crippen molar-refractivity contribution >= 4 is 21.8 Å². The predicted molar refractivity (Wildman–Crippen MR) is 104 cm³/mol. The van der Waals surface area contributed by atoms with Gasteiger partial charge in [-0.3, -0.25) is 9.78 Å². The molecule has 2 aromatic rings. The maximum absolute atomic E-state index is 12.0. The molecular weight excluding hydrogens is 380 g/mol. The van der Waals surface area contributed by atoms with Gasteiger partial charge in [-0.25, -0.2) is 0 Å². The van der Waals surface area contributed by atoms with Gasteiger partial charge in [-0.1, -0.05) is 28.1 Å². The fourth-order valence-electron chi connectivity index (χ4n) is 2.79. The maximum atomic E-state index is 12.0. The Balaban J connectivity index is 1.73. The molecule has 5 heteroatoms. The minimum Gasteiger partial charge on any atom is -0.496 e. The van der Waals surface area contributed by atoms with Gasteiger partial charge in [0.05, 0.1) is 19.3 Å². The number of benzene rings is 1. The van der Waals surface area contributed by atoms with Crippen molar-refractivity contribution in [2.24, 2.45) is 0 Å². The Morgan fingerprint density at radius 3 is 2.60 bits per heavy atom. The van der Waals surface area contributed by atoms with E-state index in [1.165, 1.54) is 5.56 Å². The summed E-state index contributed by atoms with van der Waals surface area (Å²) in [6.07, 6.45) is 5.21. The van der Waals surface area contributed by atoms with E-state index in [1.54, 1.807) is 13.3 Å². The molecule has 1 aromatic carbocycles. The number of carbonyl (C=O) groups excluding carboxylic acids is 1. The van der Waals surface area contributed by atoms with Crippen LogP contribution in [0.5, 0.6) is 5.75 Å². The number of carbonyl (C=O) groups is 1. The zero-order chi connectivity index (χ0) is 18.2. The van der Waals surface area contributed by atoms with Crippen LogP contribution in [0.2, 0.25) is 0 Å². The van der Waals surface area contributed by atoms with Crippen molar-refractivity contribution in [3.8, 4) is 5.75 Å². The molecule has 0 saturated carbocycles. The maximum Gasteiger partial charge on any atom is 0.220 e. The molecular formula is C20H25BrN2O2. The number of rotatable bonds is 8. The van der Waals surface area contributed by atoms with Crippen molar-refractivity contribution in [3.05, 3.63) is 57.3 Å². The van der Waals surface area contributed by atoms with E-state index in [1.807, 2.05) is 26.0 Å². The molecule has 0 aliphatic rings. The van der Waals surface area contributed by atoms with E-state index in [0.717, 1.165) is 46.3 Å². The number of hydrogen-bond acceptors (Lipinski definition) is 3. The number of aryl methyl sites for hydroxylation is 2. The normalized spacial score (nSPS) is 10.6. The highest BCUT2D eigenvalue weighted by Crippen LogP contribution is 2.23. The minimum atomic E-state index is 0.0662. The van der Waals surface area contributed by atoms with Gasteiger partial charge >= 0.3 is 0 Å². The number of nitrogens with one attached hydrogen (secondary N) is 1. The Morgan fingerprint density at radius 1 is 1.20 bits per heavy atom. The largest absolute Gasteiger partial charge is 0.496 e. The second-order valence-electron chi connectivity index (χ2n) is 6.16. The average Bonchev–Trinajstić information content (AvgIpc) is 2.60. The van der Waals surface area contributed by atoms with Crippen LogP contribution in [0.4, 0.5) is 0 Å². The lowest BCUT2D eigenvalue weighted by molar-refractivity contribution is -0.121. The summed E-state index contributed by atoms with van der Waals surface area (Å²) in [6, 6.07) is 8.33. The Hall–Kier alpha value is -1.88. The Morgan fingerprint density at radius 2 is 1.92 bits per heavy atom. The molecule has 134 valence electrons. The number of unbranched alkanes of at least 4 members (excludes halogenated alkanes) is 1. The Kier molecular flexibility index (Phi) is 7.44. The van der Waals surface area contributed by atoms with Crippen molar-refractivity contribution in [1.82, 2.24) is 10.3 Å². The Labute approximate surface area is 158 Å². The van der Waals surface area contributed by atoms with Gasteiger partial charge in [0, 0.05) is 28.2 Å². The molecule has 0 spiro atoms. The van der Waals surface area contributed by atoms with E-state index in [-0.39, 0.29) is 5.91 Å². The van der Waals surface area contributed by atoms with E-state index >= 15 is 0 Å². The molecule has 1 aromatic heterocycles. The number of methoxy groups -OCH3 is 1. The predicted octanol–water partition coefficient (Wildman–Crippen LogP) is 4.50. The van der Waals surface area contributed by atoms with E-state index in [4.69, 9.17) is 4.74 Å². The lowest BCUT2D eigenvalue weighted by Crippen LogP contribution is -2.23. The van der Waals surface area contributed by atoms with E-state index < -0.39 is 0 Å². The summed E-state index contributed by atoms with van der Waals surface area (Å²) >= 11 is 3.43. The second-order valence-corrected chi connectivity index (χ2v) is 7.07. The van der Waals surface area contributed by atoms with Gasteiger partial charge in [-0.2, -0.15) is 0 Å². The standard InChI is InChI=1S/C20H25BrN2O2/c1-14-12-22-18(15(2)20(14)25-3)13-23-19(24)7-5-4-6-16-8-10-17(21)11-9-16/h8-12H,4-7,13H2,1-3H3,(H,23,24). The van der Waals surface area contributed by atoms with E-state index in [9.17, 15) is 4.79 Å². The quantitative estimate of drug-likeness (QED) is 0.658. The highest BCUT2D eigenvalue weighted by Gasteiger charge is 2.10. The molecule has 0 radical (unpaired) electrons. The van der Waals surface area contributed by atoms with Gasteiger partial charge in [-0.05, 0) is 50.8 Å². The minimum absolute atomic E-state index is 0.0662. The van der Waals surface area contributed by atoms with Gasteiger partial charge in [-0.15, -0.1) is 0 Å². The topological polar surface area (TPSA) is 51.2 Å². The Bertz CT molecular complexity index is 714. The summed E-state index contributed by atoms with van der Waals surface area (Å²) < 4.78 is 6.49. The number of nitrogens with zero attached hydrogens (tertiary/aromatic N) is 1. The van der Waals surface area contributed by atoms with Crippen LogP contribution in [-0.4, -0.2) is 18.0 Å². The van der Waals surface area contributed by atoms with Crippen LogP contribution in [0.15, 0.2) is 34.9 Å². The first kappa shape index (κ1) is 19.4. The third-order valence-electron chi connectivity index (χ3n) is 4.24. The summed E-state index contributed by atoms with van der Waals surface area (Å²) in [5.74, 6) is 0.908. The number of hydrogen-bond donors (Lipinski definition) is 1. The molecule has 25 heavy (non-hydrogen) atoms.